The Bertz CT molecular complexity index is 596. The summed E-state index contributed by atoms with van der Waals surface area (Å²) < 4.78 is 20.9. The first kappa shape index (κ1) is 13.0. The molecule has 1 fully saturated rings. The lowest BCUT2D eigenvalue weighted by Gasteiger charge is -2.29. The summed E-state index contributed by atoms with van der Waals surface area (Å²) in [7, 11) is 0. The standard InChI is InChI=1S/C13H15FN4O2/c14-12-7-11(18-8-10(9-19)15-16-18)1-2-13(12)17-3-5-20-6-4-17/h1-2,7-8,19H,3-6,9H2. The summed E-state index contributed by atoms with van der Waals surface area (Å²) in [5.74, 6) is -0.301. The highest BCUT2D eigenvalue weighted by molar-refractivity contribution is 5.52. The van der Waals surface area contributed by atoms with E-state index in [-0.39, 0.29) is 12.4 Å². The lowest BCUT2D eigenvalue weighted by Crippen LogP contribution is -2.36. The third-order valence-corrected chi connectivity index (χ3v) is 3.25. The number of halogens is 1. The van der Waals surface area contributed by atoms with Crippen molar-refractivity contribution < 1.29 is 14.2 Å². The van der Waals surface area contributed by atoms with E-state index in [0.29, 0.717) is 43.4 Å². The largest absolute Gasteiger partial charge is 0.390 e. The first-order chi connectivity index (χ1) is 9.78. The van der Waals surface area contributed by atoms with Crippen molar-refractivity contribution in [2.24, 2.45) is 0 Å². The molecule has 6 nitrogen and oxygen atoms in total. The SMILES string of the molecule is OCc1cn(-c2ccc(N3CCOCC3)c(F)c2)nn1. The first-order valence-electron chi connectivity index (χ1n) is 6.42. The molecule has 1 aliphatic heterocycles. The van der Waals surface area contributed by atoms with Crippen molar-refractivity contribution >= 4 is 5.69 Å². The fourth-order valence-corrected chi connectivity index (χ4v) is 2.20. The molecule has 0 saturated carbocycles. The van der Waals surface area contributed by atoms with Crippen LogP contribution in [-0.2, 0) is 11.3 Å². The molecule has 2 heterocycles. The Hall–Kier alpha value is -1.99. The maximum atomic E-state index is 14.2. The van der Waals surface area contributed by atoms with Crippen LogP contribution in [0, 0.1) is 5.82 Å². The summed E-state index contributed by atoms with van der Waals surface area (Å²) in [6, 6.07) is 4.93. The lowest BCUT2D eigenvalue weighted by atomic mass is 10.2. The van der Waals surface area contributed by atoms with Gasteiger partial charge < -0.3 is 14.7 Å². The Balaban J connectivity index is 1.86. The van der Waals surface area contributed by atoms with Crippen LogP contribution >= 0.6 is 0 Å². The van der Waals surface area contributed by atoms with E-state index >= 15 is 0 Å². The minimum atomic E-state index is -0.301. The van der Waals surface area contributed by atoms with Crippen LogP contribution in [0.4, 0.5) is 10.1 Å². The lowest BCUT2D eigenvalue weighted by molar-refractivity contribution is 0.122. The number of aromatic nitrogens is 3. The minimum Gasteiger partial charge on any atom is -0.390 e. The van der Waals surface area contributed by atoms with E-state index in [9.17, 15) is 4.39 Å². The maximum Gasteiger partial charge on any atom is 0.148 e. The van der Waals surface area contributed by atoms with Gasteiger partial charge in [-0.3, -0.25) is 0 Å². The van der Waals surface area contributed by atoms with Gasteiger partial charge in [-0.05, 0) is 12.1 Å². The molecule has 106 valence electrons. The molecule has 1 aromatic heterocycles. The molecule has 0 radical (unpaired) electrons. The van der Waals surface area contributed by atoms with Gasteiger partial charge in [0, 0.05) is 19.2 Å². The Kier molecular flexibility index (Phi) is 3.62. The van der Waals surface area contributed by atoms with E-state index in [4.69, 9.17) is 9.84 Å². The number of anilines is 1. The molecule has 0 bridgehead atoms. The number of nitrogens with zero attached hydrogens (tertiary/aromatic N) is 4. The average molecular weight is 278 g/mol. The number of morpholine rings is 1. The molecule has 3 rings (SSSR count). The molecule has 0 atom stereocenters. The van der Waals surface area contributed by atoms with E-state index in [1.165, 1.54) is 10.7 Å². The van der Waals surface area contributed by atoms with Crippen molar-refractivity contribution in [3.63, 3.8) is 0 Å². The molecular weight excluding hydrogens is 263 g/mol. The molecule has 1 N–H and O–H groups in total. The zero-order chi connectivity index (χ0) is 13.9. The Morgan fingerprint density at radius 1 is 1.30 bits per heavy atom. The van der Waals surface area contributed by atoms with E-state index in [1.807, 2.05) is 4.90 Å². The van der Waals surface area contributed by atoms with Crippen LogP contribution in [0.2, 0.25) is 0 Å². The molecule has 1 aromatic carbocycles. The van der Waals surface area contributed by atoms with Gasteiger partial charge in [-0.2, -0.15) is 0 Å². The fourth-order valence-electron chi connectivity index (χ4n) is 2.20. The predicted octanol–water partition coefficient (Wildman–Crippen LogP) is 0.735. The maximum absolute atomic E-state index is 14.2. The van der Waals surface area contributed by atoms with Gasteiger partial charge in [0.05, 0.1) is 37.4 Å². The van der Waals surface area contributed by atoms with Crippen LogP contribution in [0.25, 0.3) is 5.69 Å². The van der Waals surface area contributed by atoms with Crippen molar-refractivity contribution in [2.75, 3.05) is 31.2 Å². The third kappa shape index (κ3) is 2.50. The monoisotopic (exact) mass is 278 g/mol. The smallest absolute Gasteiger partial charge is 0.148 e. The molecule has 2 aromatic rings. The molecule has 7 heteroatoms. The minimum absolute atomic E-state index is 0.186. The second-order valence-corrected chi connectivity index (χ2v) is 4.55. The number of ether oxygens (including phenoxy) is 1. The Morgan fingerprint density at radius 2 is 2.10 bits per heavy atom. The number of benzene rings is 1. The van der Waals surface area contributed by atoms with Crippen molar-refractivity contribution in [3.8, 4) is 5.69 Å². The van der Waals surface area contributed by atoms with Gasteiger partial charge in [-0.15, -0.1) is 5.10 Å². The number of hydrogen-bond acceptors (Lipinski definition) is 5. The first-order valence-corrected chi connectivity index (χ1v) is 6.42. The zero-order valence-electron chi connectivity index (χ0n) is 10.9. The number of aliphatic hydroxyl groups is 1. The zero-order valence-corrected chi connectivity index (χ0v) is 10.9. The molecule has 0 aliphatic carbocycles. The van der Waals surface area contributed by atoms with Gasteiger partial charge in [0.25, 0.3) is 0 Å². The van der Waals surface area contributed by atoms with Crippen LogP contribution in [0.3, 0.4) is 0 Å². The Labute approximate surface area is 115 Å². The number of hydrogen-bond donors (Lipinski definition) is 1. The summed E-state index contributed by atoms with van der Waals surface area (Å²) in [6.45, 7) is 2.42. The topological polar surface area (TPSA) is 63.4 Å². The predicted molar refractivity (Wildman–Crippen MR) is 70.3 cm³/mol. The van der Waals surface area contributed by atoms with Gasteiger partial charge >= 0.3 is 0 Å². The summed E-state index contributed by atoms with van der Waals surface area (Å²) in [6.07, 6.45) is 1.57. The van der Waals surface area contributed by atoms with Gasteiger partial charge in [-0.25, -0.2) is 9.07 Å². The van der Waals surface area contributed by atoms with E-state index in [1.54, 1.807) is 18.3 Å². The van der Waals surface area contributed by atoms with Crippen molar-refractivity contribution in [3.05, 3.63) is 35.9 Å². The summed E-state index contributed by atoms with van der Waals surface area (Å²) in [5, 5.41) is 16.6. The second-order valence-electron chi connectivity index (χ2n) is 4.55. The highest BCUT2D eigenvalue weighted by Crippen LogP contribution is 2.23. The second kappa shape index (κ2) is 5.56. The van der Waals surface area contributed by atoms with E-state index in [2.05, 4.69) is 10.3 Å². The number of aliphatic hydroxyl groups excluding tert-OH is 1. The van der Waals surface area contributed by atoms with E-state index < -0.39 is 0 Å². The third-order valence-electron chi connectivity index (χ3n) is 3.25. The average Bonchev–Trinajstić information content (AvgIpc) is 2.97. The van der Waals surface area contributed by atoms with Crippen molar-refractivity contribution in [1.82, 2.24) is 15.0 Å². The summed E-state index contributed by atoms with van der Waals surface area (Å²) >= 11 is 0. The normalized spacial score (nSPS) is 15.6. The summed E-state index contributed by atoms with van der Waals surface area (Å²) in [5.41, 5.74) is 1.59. The van der Waals surface area contributed by atoms with Crippen LogP contribution in [0.5, 0.6) is 0 Å². The molecule has 0 spiro atoms. The van der Waals surface area contributed by atoms with E-state index in [0.717, 1.165) is 0 Å². The molecular formula is C13H15FN4O2. The van der Waals surface area contributed by atoms with Crippen molar-refractivity contribution in [2.45, 2.75) is 6.61 Å². The molecule has 1 saturated heterocycles. The quantitative estimate of drug-likeness (QED) is 0.897. The van der Waals surface area contributed by atoms with Gasteiger partial charge in [0.15, 0.2) is 0 Å². The molecule has 0 amide bonds. The number of rotatable bonds is 3. The highest BCUT2D eigenvalue weighted by Gasteiger charge is 2.15. The Morgan fingerprint density at radius 3 is 2.75 bits per heavy atom. The van der Waals surface area contributed by atoms with Crippen LogP contribution in [-0.4, -0.2) is 46.4 Å². The van der Waals surface area contributed by atoms with Crippen molar-refractivity contribution in [1.29, 1.82) is 0 Å². The molecule has 1 aliphatic rings. The fraction of sp³-hybridized carbons (Fsp3) is 0.385. The highest BCUT2D eigenvalue weighted by atomic mass is 19.1. The van der Waals surface area contributed by atoms with Gasteiger partial charge in [0.2, 0.25) is 0 Å². The van der Waals surface area contributed by atoms with Crippen LogP contribution in [0.1, 0.15) is 5.69 Å². The molecule has 20 heavy (non-hydrogen) atoms. The van der Waals surface area contributed by atoms with Gasteiger partial charge in [-0.1, -0.05) is 5.21 Å². The van der Waals surface area contributed by atoms with Gasteiger partial charge in [0.1, 0.15) is 11.5 Å². The van der Waals surface area contributed by atoms with Crippen LogP contribution < -0.4 is 4.90 Å². The molecule has 0 unspecified atom stereocenters. The van der Waals surface area contributed by atoms with Crippen LogP contribution in [0.15, 0.2) is 24.4 Å². The summed E-state index contributed by atoms with van der Waals surface area (Å²) in [4.78, 5) is 1.96.